The Labute approximate surface area is 119 Å². The standard InChI is InChI=1S/C13H22N2O2S2/c1-13(2)5-4-11(7-13)15-19(16,17)12-6-10(8-14-3)9-18-12/h6,9,11,14-15H,4-5,7-8H2,1-3H3. The van der Waals surface area contributed by atoms with Crippen LogP contribution in [-0.4, -0.2) is 21.5 Å². The van der Waals surface area contributed by atoms with Gasteiger partial charge in [-0.2, -0.15) is 0 Å². The van der Waals surface area contributed by atoms with E-state index in [0.29, 0.717) is 10.8 Å². The van der Waals surface area contributed by atoms with Crippen molar-refractivity contribution in [2.24, 2.45) is 5.41 Å². The van der Waals surface area contributed by atoms with Gasteiger partial charge in [-0.25, -0.2) is 13.1 Å². The van der Waals surface area contributed by atoms with Crippen LogP contribution in [0.1, 0.15) is 38.7 Å². The average Bonchev–Trinajstić information content (AvgIpc) is 2.86. The smallest absolute Gasteiger partial charge is 0.250 e. The maximum Gasteiger partial charge on any atom is 0.250 e. The lowest BCUT2D eigenvalue weighted by atomic mass is 9.92. The molecule has 19 heavy (non-hydrogen) atoms. The van der Waals surface area contributed by atoms with Crippen molar-refractivity contribution < 1.29 is 8.42 Å². The summed E-state index contributed by atoms with van der Waals surface area (Å²) < 4.78 is 27.9. The molecule has 1 fully saturated rings. The minimum Gasteiger partial charge on any atom is -0.316 e. The normalized spacial score (nSPS) is 22.8. The Kier molecular flexibility index (Phi) is 4.35. The van der Waals surface area contributed by atoms with Crippen molar-refractivity contribution in [2.45, 2.75) is 49.9 Å². The highest BCUT2D eigenvalue weighted by Gasteiger charge is 2.33. The van der Waals surface area contributed by atoms with E-state index < -0.39 is 10.0 Å². The highest BCUT2D eigenvalue weighted by molar-refractivity contribution is 7.91. The molecule has 0 bridgehead atoms. The predicted octanol–water partition coefficient (Wildman–Crippen LogP) is 2.32. The molecule has 1 aromatic heterocycles. The molecule has 108 valence electrons. The number of thiophene rings is 1. The minimum atomic E-state index is -3.35. The molecule has 1 atom stereocenters. The van der Waals surface area contributed by atoms with Crippen LogP contribution < -0.4 is 10.0 Å². The van der Waals surface area contributed by atoms with Crippen LogP contribution in [0.4, 0.5) is 0 Å². The monoisotopic (exact) mass is 302 g/mol. The first-order valence-electron chi connectivity index (χ1n) is 6.57. The van der Waals surface area contributed by atoms with Crippen molar-refractivity contribution in [3.8, 4) is 0 Å². The number of hydrogen-bond acceptors (Lipinski definition) is 4. The quantitative estimate of drug-likeness (QED) is 0.877. The summed E-state index contributed by atoms with van der Waals surface area (Å²) in [5.41, 5.74) is 1.26. The second-order valence-electron chi connectivity index (χ2n) is 6.03. The molecular formula is C13H22N2O2S2. The molecule has 0 saturated heterocycles. The van der Waals surface area contributed by atoms with Crippen LogP contribution in [0.15, 0.2) is 15.7 Å². The molecule has 0 radical (unpaired) electrons. The van der Waals surface area contributed by atoms with Crippen molar-refractivity contribution in [3.05, 3.63) is 17.0 Å². The second-order valence-corrected chi connectivity index (χ2v) is 8.88. The predicted molar refractivity (Wildman–Crippen MR) is 78.8 cm³/mol. The lowest BCUT2D eigenvalue weighted by Gasteiger charge is -2.17. The molecule has 1 aliphatic carbocycles. The lowest BCUT2D eigenvalue weighted by molar-refractivity contribution is 0.372. The summed E-state index contributed by atoms with van der Waals surface area (Å²) >= 11 is 1.29. The molecule has 0 amide bonds. The molecular weight excluding hydrogens is 280 g/mol. The van der Waals surface area contributed by atoms with Crippen LogP contribution in [-0.2, 0) is 16.6 Å². The van der Waals surface area contributed by atoms with Gasteiger partial charge in [0.2, 0.25) is 10.0 Å². The van der Waals surface area contributed by atoms with Gasteiger partial charge in [-0.05, 0) is 48.7 Å². The zero-order valence-electron chi connectivity index (χ0n) is 11.7. The van der Waals surface area contributed by atoms with E-state index in [2.05, 4.69) is 23.9 Å². The van der Waals surface area contributed by atoms with E-state index >= 15 is 0 Å². The van der Waals surface area contributed by atoms with E-state index in [-0.39, 0.29) is 11.5 Å². The van der Waals surface area contributed by atoms with Gasteiger partial charge in [0.25, 0.3) is 0 Å². The van der Waals surface area contributed by atoms with Gasteiger partial charge in [0.15, 0.2) is 0 Å². The summed E-state index contributed by atoms with van der Waals surface area (Å²) in [7, 11) is -1.50. The topological polar surface area (TPSA) is 58.2 Å². The number of hydrogen-bond donors (Lipinski definition) is 2. The fourth-order valence-corrected chi connectivity index (χ4v) is 5.10. The van der Waals surface area contributed by atoms with E-state index in [1.165, 1.54) is 11.3 Å². The van der Waals surface area contributed by atoms with E-state index in [1.807, 2.05) is 12.4 Å². The zero-order valence-corrected chi connectivity index (χ0v) is 13.3. The summed E-state index contributed by atoms with van der Waals surface area (Å²) in [4.78, 5) is 0. The SMILES string of the molecule is CNCc1csc(S(=O)(=O)NC2CCC(C)(C)C2)c1. The zero-order chi connectivity index (χ0) is 14.1. The maximum atomic E-state index is 12.3. The van der Waals surface area contributed by atoms with E-state index in [9.17, 15) is 8.42 Å². The Morgan fingerprint density at radius 2 is 2.21 bits per heavy atom. The Hall–Kier alpha value is -0.430. The van der Waals surface area contributed by atoms with E-state index in [1.54, 1.807) is 6.07 Å². The van der Waals surface area contributed by atoms with Crippen LogP contribution >= 0.6 is 11.3 Å². The van der Waals surface area contributed by atoms with Crippen molar-refractivity contribution in [3.63, 3.8) is 0 Å². The summed E-state index contributed by atoms with van der Waals surface area (Å²) in [6, 6.07) is 1.83. The van der Waals surface area contributed by atoms with Gasteiger partial charge >= 0.3 is 0 Å². The van der Waals surface area contributed by atoms with Crippen LogP contribution in [0.3, 0.4) is 0 Å². The molecule has 0 aliphatic heterocycles. The molecule has 4 nitrogen and oxygen atoms in total. The van der Waals surface area contributed by atoms with Crippen LogP contribution in [0.25, 0.3) is 0 Å². The minimum absolute atomic E-state index is 0.0786. The maximum absolute atomic E-state index is 12.3. The van der Waals surface area contributed by atoms with Gasteiger partial charge in [-0.15, -0.1) is 11.3 Å². The third-order valence-electron chi connectivity index (χ3n) is 3.57. The van der Waals surface area contributed by atoms with Crippen LogP contribution in [0.5, 0.6) is 0 Å². The molecule has 1 aromatic rings. The number of rotatable bonds is 5. The van der Waals surface area contributed by atoms with E-state index in [4.69, 9.17) is 0 Å². The van der Waals surface area contributed by atoms with Gasteiger partial charge < -0.3 is 5.32 Å². The third-order valence-corrected chi connectivity index (χ3v) is 6.57. The Balaban J connectivity index is 2.05. The first-order valence-corrected chi connectivity index (χ1v) is 8.93. The van der Waals surface area contributed by atoms with Crippen molar-refractivity contribution in [1.29, 1.82) is 0 Å². The Bertz CT molecular complexity index is 535. The summed E-state index contributed by atoms with van der Waals surface area (Å²) in [5, 5.41) is 4.92. The van der Waals surface area contributed by atoms with Crippen LogP contribution in [0, 0.1) is 5.41 Å². The molecule has 2 N–H and O–H groups in total. The first kappa shape index (κ1) is 15.0. The summed E-state index contributed by atoms with van der Waals surface area (Å²) in [6.07, 6.45) is 2.93. The summed E-state index contributed by atoms with van der Waals surface area (Å²) in [6.45, 7) is 5.08. The third kappa shape index (κ3) is 3.78. The molecule has 6 heteroatoms. The molecule has 0 spiro atoms. The fourth-order valence-electron chi connectivity index (χ4n) is 2.61. The van der Waals surface area contributed by atoms with Crippen molar-refractivity contribution in [1.82, 2.24) is 10.0 Å². The molecule has 1 aliphatic rings. The van der Waals surface area contributed by atoms with E-state index in [0.717, 1.165) is 24.8 Å². The highest BCUT2D eigenvalue weighted by atomic mass is 32.2. The fraction of sp³-hybridized carbons (Fsp3) is 0.692. The van der Waals surface area contributed by atoms with Gasteiger partial charge in [0.05, 0.1) is 0 Å². The van der Waals surface area contributed by atoms with Gasteiger partial charge in [-0.3, -0.25) is 0 Å². The number of sulfonamides is 1. The van der Waals surface area contributed by atoms with Crippen molar-refractivity contribution in [2.75, 3.05) is 7.05 Å². The van der Waals surface area contributed by atoms with Gasteiger partial charge in [-0.1, -0.05) is 13.8 Å². The Morgan fingerprint density at radius 3 is 2.79 bits per heavy atom. The molecule has 0 aromatic carbocycles. The summed E-state index contributed by atoms with van der Waals surface area (Å²) in [5.74, 6) is 0. The number of nitrogens with one attached hydrogen (secondary N) is 2. The molecule has 1 unspecified atom stereocenters. The highest BCUT2D eigenvalue weighted by Crippen LogP contribution is 2.37. The second kappa shape index (κ2) is 5.52. The average molecular weight is 302 g/mol. The molecule has 1 heterocycles. The van der Waals surface area contributed by atoms with Gasteiger partial charge in [0, 0.05) is 12.6 Å². The molecule has 2 rings (SSSR count). The Morgan fingerprint density at radius 1 is 1.47 bits per heavy atom. The largest absolute Gasteiger partial charge is 0.316 e. The van der Waals surface area contributed by atoms with Crippen LogP contribution in [0.2, 0.25) is 0 Å². The first-order chi connectivity index (χ1) is 8.82. The van der Waals surface area contributed by atoms with Gasteiger partial charge in [0.1, 0.15) is 4.21 Å². The molecule has 1 saturated carbocycles. The lowest BCUT2D eigenvalue weighted by Crippen LogP contribution is -2.33. The van der Waals surface area contributed by atoms with Crippen molar-refractivity contribution >= 4 is 21.4 Å².